The van der Waals surface area contributed by atoms with E-state index in [-0.39, 0.29) is 16.7 Å². The van der Waals surface area contributed by atoms with Crippen molar-refractivity contribution in [2.45, 2.75) is 32.4 Å². The summed E-state index contributed by atoms with van der Waals surface area (Å²) in [7, 11) is 1.88. The standard InChI is InChI=1S/C12H20N2O3S2/c1-5-9(7-18-4)13(3)12-10(14(16)17)6-11(19-12)8(2)15/h6,8-9,15H,5,7H2,1-4H3/t8-,9?/m0/s1. The molecule has 0 radical (unpaired) electrons. The third-order valence-electron chi connectivity index (χ3n) is 3.02. The average Bonchev–Trinajstić information content (AvgIpc) is 2.80. The summed E-state index contributed by atoms with van der Waals surface area (Å²) < 4.78 is 0. The van der Waals surface area contributed by atoms with Gasteiger partial charge >= 0.3 is 5.69 Å². The van der Waals surface area contributed by atoms with Crippen molar-refractivity contribution in [2.75, 3.05) is 24.0 Å². The van der Waals surface area contributed by atoms with Gasteiger partial charge in [-0.25, -0.2) is 0 Å². The zero-order valence-corrected chi connectivity index (χ0v) is 13.3. The monoisotopic (exact) mass is 304 g/mol. The van der Waals surface area contributed by atoms with Crippen LogP contribution in [0.5, 0.6) is 0 Å². The summed E-state index contributed by atoms with van der Waals surface area (Å²) in [6.07, 6.45) is 2.28. The first-order valence-corrected chi connectivity index (χ1v) is 8.31. The van der Waals surface area contributed by atoms with Crippen molar-refractivity contribution < 1.29 is 10.0 Å². The van der Waals surface area contributed by atoms with Crippen molar-refractivity contribution in [3.05, 3.63) is 21.1 Å². The number of hydrogen-bond donors (Lipinski definition) is 1. The zero-order valence-electron chi connectivity index (χ0n) is 11.6. The van der Waals surface area contributed by atoms with Crippen LogP contribution in [0.2, 0.25) is 0 Å². The lowest BCUT2D eigenvalue weighted by Gasteiger charge is -2.26. The summed E-state index contributed by atoms with van der Waals surface area (Å²) >= 11 is 3.03. The molecule has 1 rings (SSSR count). The molecule has 0 bridgehead atoms. The van der Waals surface area contributed by atoms with Gasteiger partial charge in [0.25, 0.3) is 0 Å². The third kappa shape index (κ3) is 3.84. The fourth-order valence-electron chi connectivity index (χ4n) is 1.84. The van der Waals surface area contributed by atoms with Crippen LogP contribution in [0, 0.1) is 10.1 Å². The van der Waals surface area contributed by atoms with Crippen LogP contribution in [0.25, 0.3) is 0 Å². The number of nitrogens with zero attached hydrogens (tertiary/aromatic N) is 2. The topological polar surface area (TPSA) is 66.6 Å². The van der Waals surface area contributed by atoms with Gasteiger partial charge in [-0.2, -0.15) is 11.8 Å². The van der Waals surface area contributed by atoms with E-state index in [9.17, 15) is 15.2 Å². The van der Waals surface area contributed by atoms with Gasteiger partial charge in [0.15, 0.2) is 5.00 Å². The molecule has 5 nitrogen and oxygen atoms in total. The van der Waals surface area contributed by atoms with E-state index in [1.54, 1.807) is 18.7 Å². The molecule has 1 aromatic rings. The molecule has 0 aliphatic carbocycles. The van der Waals surface area contributed by atoms with Crippen LogP contribution in [0.4, 0.5) is 10.7 Å². The quantitative estimate of drug-likeness (QED) is 0.618. The summed E-state index contributed by atoms with van der Waals surface area (Å²) in [5, 5.41) is 21.3. The number of aliphatic hydroxyl groups excluding tert-OH is 1. The SMILES string of the molecule is CCC(CSC)N(C)c1sc([C@H](C)O)cc1[N+](=O)[O-]. The van der Waals surface area contributed by atoms with Crippen LogP contribution in [-0.2, 0) is 0 Å². The average molecular weight is 304 g/mol. The van der Waals surface area contributed by atoms with E-state index in [4.69, 9.17) is 0 Å². The van der Waals surface area contributed by atoms with Crippen LogP contribution in [0.1, 0.15) is 31.2 Å². The molecule has 0 amide bonds. The Kier molecular flexibility index (Phi) is 6.09. The van der Waals surface area contributed by atoms with Gasteiger partial charge in [-0.15, -0.1) is 11.3 Å². The fourth-order valence-corrected chi connectivity index (χ4v) is 3.78. The largest absolute Gasteiger partial charge is 0.388 e. The summed E-state index contributed by atoms with van der Waals surface area (Å²) in [5.74, 6) is 0.923. The van der Waals surface area contributed by atoms with Gasteiger partial charge in [0.05, 0.1) is 11.0 Å². The molecule has 1 unspecified atom stereocenters. The molecule has 0 saturated carbocycles. The molecule has 7 heteroatoms. The lowest BCUT2D eigenvalue weighted by Crippen LogP contribution is -2.32. The van der Waals surface area contributed by atoms with Gasteiger partial charge < -0.3 is 10.0 Å². The Bertz CT molecular complexity index is 435. The highest BCUT2D eigenvalue weighted by Crippen LogP contribution is 2.40. The zero-order chi connectivity index (χ0) is 14.6. The number of anilines is 1. The van der Waals surface area contributed by atoms with E-state index in [2.05, 4.69) is 6.92 Å². The summed E-state index contributed by atoms with van der Waals surface area (Å²) in [6.45, 7) is 3.70. The van der Waals surface area contributed by atoms with Gasteiger partial charge in [-0.05, 0) is 19.6 Å². The van der Waals surface area contributed by atoms with Gasteiger partial charge in [-0.3, -0.25) is 10.1 Å². The number of aliphatic hydroxyl groups is 1. The summed E-state index contributed by atoms with van der Waals surface area (Å²) in [4.78, 5) is 13.4. The minimum absolute atomic E-state index is 0.0861. The molecule has 0 aliphatic rings. The molecule has 1 N–H and O–H groups in total. The predicted molar refractivity (Wildman–Crippen MR) is 82.5 cm³/mol. The van der Waals surface area contributed by atoms with Gasteiger partial charge in [-0.1, -0.05) is 6.92 Å². The molecule has 19 heavy (non-hydrogen) atoms. The highest BCUT2D eigenvalue weighted by Gasteiger charge is 2.26. The number of rotatable bonds is 7. The molecule has 1 heterocycles. The molecular formula is C12H20N2O3S2. The van der Waals surface area contributed by atoms with Crippen LogP contribution < -0.4 is 4.90 Å². The molecule has 0 fully saturated rings. The lowest BCUT2D eigenvalue weighted by molar-refractivity contribution is -0.383. The Labute approximate surface area is 121 Å². The van der Waals surface area contributed by atoms with Gasteiger partial charge in [0.1, 0.15) is 0 Å². The molecule has 0 saturated heterocycles. The minimum Gasteiger partial charge on any atom is -0.388 e. The van der Waals surface area contributed by atoms with Crippen molar-refractivity contribution in [2.24, 2.45) is 0 Å². The number of thiophene rings is 1. The second kappa shape index (κ2) is 7.12. The van der Waals surface area contributed by atoms with Crippen LogP contribution in [0.15, 0.2) is 6.07 Å². The van der Waals surface area contributed by atoms with E-state index < -0.39 is 6.10 Å². The van der Waals surface area contributed by atoms with E-state index in [1.807, 2.05) is 18.2 Å². The van der Waals surface area contributed by atoms with Crippen molar-refractivity contribution in [3.63, 3.8) is 0 Å². The Morgan fingerprint density at radius 3 is 2.68 bits per heavy atom. The Morgan fingerprint density at radius 2 is 2.26 bits per heavy atom. The second-order valence-corrected chi connectivity index (χ2v) is 6.37. The van der Waals surface area contributed by atoms with Crippen molar-refractivity contribution in [3.8, 4) is 0 Å². The van der Waals surface area contributed by atoms with Gasteiger partial charge in [0.2, 0.25) is 0 Å². The Balaban J connectivity index is 3.12. The molecule has 1 aromatic heterocycles. The van der Waals surface area contributed by atoms with E-state index in [0.717, 1.165) is 12.2 Å². The first-order chi connectivity index (χ1) is 8.92. The Morgan fingerprint density at radius 1 is 1.63 bits per heavy atom. The first-order valence-electron chi connectivity index (χ1n) is 6.10. The maximum atomic E-state index is 11.1. The minimum atomic E-state index is -0.675. The first kappa shape index (κ1) is 16.3. The van der Waals surface area contributed by atoms with Crippen molar-refractivity contribution >= 4 is 33.8 Å². The number of thioether (sulfide) groups is 1. The second-order valence-electron chi connectivity index (χ2n) is 4.40. The van der Waals surface area contributed by atoms with Crippen LogP contribution in [-0.4, -0.2) is 35.1 Å². The fraction of sp³-hybridized carbons (Fsp3) is 0.667. The molecule has 2 atom stereocenters. The van der Waals surface area contributed by atoms with Crippen molar-refractivity contribution in [1.29, 1.82) is 0 Å². The lowest BCUT2D eigenvalue weighted by atomic mass is 10.2. The van der Waals surface area contributed by atoms with E-state index in [0.29, 0.717) is 9.88 Å². The molecule has 0 spiro atoms. The van der Waals surface area contributed by atoms with Crippen LogP contribution in [0.3, 0.4) is 0 Å². The predicted octanol–water partition coefficient (Wildman–Crippen LogP) is 3.29. The highest BCUT2D eigenvalue weighted by atomic mass is 32.2. The maximum Gasteiger partial charge on any atom is 0.304 e. The van der Waals surface area contributed by atoms with Gasteiger partial charge in [0, 0.05) is 29.8 Å². The van der Waals surface area contributed by atoms with E-state index in [1.165, 1.54) is 17.4 Å². The third-order valence-corrected chi connectivity index (χ3v) is 5.12. The van der Waals surface area contributed by atoms with Crippen LogP contribution >= 0.6 is 23.1 Å². The normalized spacial score (nSPS) is 14.2. The summed E-state index contributed by atoms with van der Waals surface area (Å²) in [5.41, 5.74) is 0.0861. The molecule has 0 aromatic carbocycles. The van der Waals surface area contributed by atoms with Crippen molar-refractivity contribution in [1.82, 2.24) is 0 Å². The number of hydrogen-bond acceptors (Lipinski definition) is 6. The highest BCUT2D eigenvalue weighted by molar-refractivity contribution is 7.98. The molecule has 108 valence electrons. The summed E-state index contributed by atoms with van der Waals surface area (Å²) in [6, 6.07) is 1.74. The van der Waals surface area contributed by atoms with E-state index >= 15 is 0 Å². The maximum absolute atomic E-state index is 11.1. The smallest absolute Gasteiger partial charge is 0.304 e. The molecule has 0 aliphatic heterocycles. The molecular weight excluding hydrogens is 284 g/mol. The Hall–Kier alpha value is -0.790. The number of nitro groups is 1.